The second kappa shape index (κ2) is 8.47. The summed E-state index contributed by atoms with van der Waals surface area (Å²) in [5, 5.41) is 12.3. The third-order valence-electron chi connectivity index (χ3n) is 6.52. The van der Waals surface area contributed by atoms with Crippen molar-refractivity contribution in [2.45, 2.75) is 32.4 Å². The number of benzene rings is 3. The van der Waals surface area contributed by atoms with Crippen LogP contribution in [0.4, 0.5) is 5.13 Å². The molecule has 0 saturated carbocycles. The van der Waals surface area contributed by atoms with Crippen molar-refractivity contribution in [3.8, 4) is 5.75 Å². The Labute approximate surface area is 216 Å². The predicted molar refractivity (Wildman–Crippen MR) is 141 cm³/mol. The summed E-state index contributed by atoms with van der Waals surface area (Å²) in [6.45, 7) is 3.96. The number of ether oxygens (including phenoxy) is 1. The highest BCUT2D eigenvalue weighted by atomic mass is 35.5. The Morgan fingerprint density at radius 2 is 1.97 bits per heavy atom. The van der Waals surface area contributed by atoms with Crippen molar-refractivity contribution in [2.75, 3.05) is 4.90 Å². The van der Waals surface area contributed by atoms with E-state index < -0.39 is 17.7 Å². The number of aliphatic hydroxyl groups is 1. The van der Waals surface area contributed by atoms with Gasteiger partial charge < -0.3 is 9.84 Å². The van der Waals surface area contributed by atoms with E-state index in [4.69, 9.17) is 16.3 Å². The summed E-state index contributed by atoms with van der Waals surface area (Å²) >= 11 is 7.63. The first-order chi connectivity index (χ1) is 17.3. The summed E-state index contributed by atoms with van der Waals surface area (Å²) < 4.78 is 6.68. The first-order valence-corrected chi connectivity index (χ1v) is 12.7. The predicted octanol–water partition coefficient (Wildman–Crippen LogP) is 6.21. The van der Waals surface area contributed by atoms with Crippen molar-refractivity contribution < 1.29 is 19.4 Å². The van der Waals surface area contributed by atoms with E-state index in [-0.39, 0.29) is 17.4 Å². The van der Waals surface area contributed by atoms with Crippen LogP contribution in [0.2, 0.25) is 5.02 Å². The summed E-state index contributed by atoms with van der Waals surface area (Å²) in [6.07, 6.45) is 0.741. The molecular weight excluding hydrogens is 496 g/mol. The number of ketones is 1. The van der Waals surface area contributed by atoms with E-state index in [0.29, 0.717) is 27.7 Å². The molecule has 0 spiro atoms. The van der Waals surface area contributed by atoms with Gasteiger partial charge in [-0.25, -0.2) is 4.98 Å². The molecule has 1 fully saturated rings. The van der Waals surface area contributed by atoms with Gasteiger partial charge in [0.2, 0.25) is 0 Å². The first-order valence-electron chi connectivity index (χ1n) is 11.5. The standard InChI is InChI=1S/C28H21ClN2O4S/c1-14-6-8-20-22(10-14)36-28(30-20)31-24(16-4-3-5-19(29)13-16)23(26(33)27(31)34)25(32)17-7-9-21-18(12-17)11-15(2)35-21/h3-10,12-13,15,24,32H,11H2,1-2H3/b25-23+/t15-,24-/m1/s1. The number of amides is 1. The molecule has 1 saturated heterocycles. The summed E-state index contributed by atoms with van der Waals surface area (Å²) in [7, 11) is 0. The number of aliphatic hydroxyl groups excluding tert-OH is 1. The van der Waals surface area contributed by atoms with E-state index in [1.807, 2.05) is 38.1 Å². The van der Waals surface area contributed by atoms with Gasteiger partial charge >= 0.3 is 5.91 Å². The lowest BCUT2D eigenvalue weighted by molar-refractivity contribution is -0.132. The average Bonchev–Trinajstić information content (AvgIpc) is 3.50. The van der Waals surface area contributed by atoms with E-state index in [9.17, 15) is 14.7 Å². The van der Waals surface area contributed by atoms with Gasteiger partial charge in [0.1, 0.15) is 17.6 Å². The van der Waals surface area contributed by atoms with E-state index in [2.05, 4.69) is 4.98 Å². The smallest absolute Gasteiger partial charge is 0.301 e. The number of halogens is 1. The summed E-state index contributed by atoms with van der Waals surface area (Å²) in [5.74, 6) is -0.982. The van der Waals surface area contributed by atoms with Crippen molar-refractivity contribution in [3.05, 3.63) is 93.5 Å². The molecule has 4 aromatic rings. The van der Waals surface area contributed by atoms with Crippen molar-refractivity contribution >= 4 is 55.7 Å². The topological polar surface area (TPSA) is 79.7 Å². The van der Waals surface area contributed by atoms with Crippen LogP contribution in [0.5, 0.6) is 5.75 Å². The van der Waals surface area contributed by atoms with Crippen LogP contribution in [-0.2, 0) is 16.0 Å². The molecule has 36 heavy (non-hydrogen) atoms. The largest absolute Gasteiger partial charge is 0.507 e. The summed E-state index contributed by atoms with van der Waals surface area (Å²) in [4.78, 5) is 32.9. The first kappa shape index (κ1) is 22.8. The van der Waals surface area contributed by atoms with E-state index in [1.165, 1.54) is 16.2 Å². The van der Waals surface area contributed by atoms with Gasteiger partial charge in [0.05, 0.1) is 21.8 Å². The monoisotopic (exact) mass is 516 g/mol. The van der Waals surface area contributed by atoms with E-state index in [0.717, 1.165) is 27.1 Å². The number of aromatic nitrogens is 1. The van der Waals surface area contributed by atoms with Crippen LogP contribution in [-0.4, -0.2) is 27.9 Å². The van der Waals surface area contributed by atoms with Gasteiger partial charge in [-0.15, -0.1) is 0 Å². The molecule has 1 amide bonds. The average molecular weight is 517 g/mol. The molecule has 2 aliphatic rings. The van der Waals surface area contributed by atoms with Crippen molar-refractivity contribution in [1.29, 1.82) is 0 Å². The fourth-order valence-corrected chi connectivity index (χ4v) is 6.16. The maximum Gasteiger partial charge on any atom is 0.301 e. The van der Waals surface area contributed by atoms with Crippen molar-refractivity contribution in [3.63, 3.8) is 0 Å². The van der Waals surface area contributed by atoms with Crippen LogP contribution in [0, 0.1) is 6.92 Å². The number of aryl methyl sites for hydroxylation is 1. The molecule has 2 aliphatic heterocycles. The normalized spacial score (nSPS) is 20.7. The minimum atomic E-state index is -0.881. The van der Waals surface area contributed by atoms with Crippen LogP contribution in [0.25, 0.3) is 16.0 Å². The highest BCUT2D eigenvalue weighted by Gasteiger charge is 2.48. The van der Waals surface area contributed by atoms with Gasteiger partial charge in [0.25, 0.3) is 5.78 Å². The van der Waals surface area contributed by atoms with Crippen molar-refractivity contribution in [2.24, 2.45) is 0 Å². The zero-order chi connectivity index (χ0) is 25.1. The van der Waals surface area contributed by atoms with Crippen LogP contribution >= 0.6 is 22.9 Å². The number of rotatable bonds is 3. The Morgan fingerprint density at radius 3 is 2.78 bits per heavy atom. The Balaban J connectivity index is 1.54. The zero-order valence-corrected chi connectivity index (χ0v) is 21.1. The fraction of sp³-hybridized carbons (Fsp3) is 0.179. The van der Waals surface area contributed by atoms with Crippen LogP contribution < -0.4 is 9.64 Å². The second-order valence-electron chi connectivity index (χ2n) is 9.15. The van der Waals surface area contributed by atoms with Gasteiger partial charge in [0, 0.05) is 17.0 Å². The molecule has 0 bridgehead atoms. The molecular formula is C28H21ClN2O4S. The molecule has 1 N–H and O–H groups in total. The fourth-order valence-electron chi connectivity index (χ4n) is 4.87. The highest BCUT2D eigenvalue weighted by molar-refractivity contribution is 7.22. The Hall–Kier alpha value is -3.68. The number of hydrogen-bond acceptors (Lipinski definition) is 6. The van der Waals surface area contributed by atoms with Crippen LogP contribution in [0.15, 0.2) is 66.2 Å². The maximum absolute atomic E-state index is 13.4. The molecule has 0 radical (unpaired) electrons. The number of carbonyl (C=O) groups excluding carboxylic acids is 2. The lowest BCUT2D eigenvalue weighted by Gasteiger charge is -2.23. The Kier molecular flexibility index (Phi) is 5.35. The lowest BCUT2D eigenvalue weighted by Crippen LogP contribution is -2.29. The quantitative estimate of drug-likeness (QED) is 0.199. The Morgan fingerprint density at radius 1 is 1.14 bits per heavy atom. The lowest BCUT2D eigenvalue weighted by atomic mass is 9.94. The number of carbonyl (C=O) groups is 2. The minimum Gasteiger partial charge on any atom is -0.507 e. The molecule has 3 aromatic carbocycles. The number of anilines is 1. The van der Waals surface area contributed by atoms with Gasteiger partial charge in [-0.2, -0.15) is 0 Å². The van der Waals surface area contributed by atoms with Crippen molar-refractivity contribution in [1.82, 2.24) is 4.98 Å². The molecule has 2 atom stereocenters. The van der Waals surface area contributed by atoms with Gasteiger partial charge in [0.15, 0.2) is 5.13 Å². The maximum atomic E-state index is 13.4. The molecule has 8 heteroatoms. The van der Waals surface area contributed by atoms with E-state index >= 15 is 0 Å². The SMILES string of the molecule is Cc1ccc2nc(N3C(=O)C(=O)/C(=C(/O)c4ccc5c(c4)C[C@@H](C)O5)[C@H]3c3cccc(Cl)c3)sc2c1. The van der Waals surface area contributed by atoms with Crippen LogP contribution in [0.1, 0.15) is 35.2 Å². The number of Topliss-reactive ketones (excluding diaryl/α,β-unsaturated/α-hetero) is 1. The molecule has 0 unspecified atom stereocenters. The van der Waals surface area contributed by atoms with E-state index in [1.54, 1.807) is 36.4 Å². The summed E-state index contributed by atoms with van der Waals surface area (Å²) in [6, 6.07) is 17.2. The molecule has 0 aliphatic carbocycles. The molecule has 6 nitrogen and oxygen atoms in total. The second-order valence-corrected chi connectivity index (χ2v) is 10.6. The number of nitrogens with zero attached hydrogens (tertiary/aromatic N) is 2. The van der Waals surface area contributed by atoms with Gasteiger partial charge in [-0.1, -0.05) is 41.1 Å². The third kappa shape index (κ3) is 3.67. The Bertz CT molecular complexity index is 1610. The summed E-state index contributed by atoms with van der Waals surface area (Å²) in [5.41, 5.74) is 3.82. The van der Waals surface area contributed by atoms with Gasteiger partial charge in [-0.3, -0.25) is 14.5 Å². The molecule has 1 aromatic heterocycles. The van der Waals surface area contributed by atoms with Crippen LogP contribution in [0.3, 0.4) is 0 Å². The third-order valence-corrected chi connectivity index (χ3v) is 7.77. The number of hydrogen-bond donors (Lipinski definition) is 1. The zero-order valence-electron chi connectivity index (χ0n) is 19.5. The number of fused-ring (bicyclic) bond motifs is 2. The molecule has 6 rings (SSSR count). The molecule has 3 heterocycles. The van der Waals surface area contributed by atoms with Gasteiger partial charge in [-0.05, 0) is 73.0 Å². The minimum absolute atomic E-state index is 0.00428. The number of thiazole rings is 1. The molecule has 180 valence electrons. The highest BCUT2D eigenvalue weighted by Crippen LogP contribution is 2.45.